The first-order valence-electron chi connectivity index (χ1n) is 7.63. The predicted molar refractivity (Wildman–Crippen MR) is 80.8 cm³/mol. The van der Waals surface area contributed by atoms with Crippen LogP contribution in [0.15, 0.2) is 24.5 Å². The summed E-state index contributed by atoms with van der Waals surface area (Å²) in [6.07, 6.45) is 5.12. The standard InChI is InChI=1S/C15H21N5O2/c1-16-14(21)11-9-18-19-13(11)12-3-2-8-20(12)15(22)10-4-6-17-7-5-10/h4-7,11-13,18-19H,2-3,8-9H2,1H3,(H,16,21). The van der Waals surface area contributed by atoms with E-state index in [4.69, 9.17) is 0 Å². The van der Waals surface area contributed by atoms with Crippen LogP contribution in [-0.4, -0.2) is 53.9 Å². The van der Waals surface area contributed by atoms with E-state index in [9.17, 15) is 9.59 Å². The van der Waals surface area contributed by atoms with E-state index in [1.54, 1.807) is 31.6 Å². The van der Waals surface area contributed by atoms with E-state index in [2.05, 4.69) is 21.2 Å². The van der Waals surface area contributed by atoms with Crippen LogP contribution in [0.4, 0.5) is 0 Å². The summed E-state index contributed by atoms with van der Waals surface area (Å²) in [5.41, 5.74) is 6.88. The van der Waals surface area contributed by atoms with Gasteiger partial charge in [0.15, 0.2) is 0 Å². The Bertz CT molecular complexity index is 550. The minimum absolute atomic E-state index is 0.00529. The zero-order chi connectivity index (χ0) is 15.5. The van der Waals surface area contributed by atoms with Crippen LogP contribution in [0.5, 0.6) is 0 Å². The van der Waals surface area contributed by atoms with Crippen molar-refractivity contribution in [3.63, 3.8) is 0 Å². The van der Waals surface area contributed by atoms with Crippen LogP contribution < -0.4 is 16.2 Å². The Kier molecular flexibility index (Phi) is 4.35. The second-order valence-corrected chi connectivity index (χ2v) is 5.72. The number of rotatable bonds is 3. The van der Waals surface area contributed by atoms with E-state index < -0.39 is 0 Å². The fourth-order valence-corrected chi connectivity index (χ4v) is 3.40. The number of hydrogen-bond donors (Lipinski definition) is 3. The monoisotopic (exact) mass is 303 g/mol. The Morgan fingerprint density at radius 3 is 2.86 bits per heavy atom. The zero-order valence-electron chi connectivity index (χ0n) is 12.6. The van der Waals surface area contributed by atoms with E-state index in [-0.39, 0.29) is 29.8 Å². The first kappa shape index (κ1) is 14.9. The molecule has 0 aliphatic carbocycles. The number of carbonyl (C=O) groups is 2. The second kappa shape index (κ2) is 6.41. The van der Waals surface area contributed by atoms with Gasteiger partial charge in [-0.1, -0.05) is 0 Å². The minimum Gasteiger partial charge on any atom is -0.359 e. The van der Waals surface area contributed by atoms with E-state index >= 15 is 0 Å². The van der Waals surface area contributed by atoms with Crippen molar-refractivity contribution in [1.82, 2.24) is 26.1 Å². The number of likely N-dealkylation sites (tertiary alicyclic amines) is 1. The third-order valence-corrected chi connectivity index (χ3v) is 4.51. The number of hydrazine groups is 1. The summed E-state index contributed by atoms with van der Waals surface area (Å²) in [6.45, 7) is 1.31. The third kappa shape index (κ3) is 2.69. The van der Waals surface area contributed by atoms with Gasteiger partial charge < -0.3 is 10.2 Å². The van der Waals surface area contributed by atoms with Gasteiger partial charge in [0.05, 0.1) is 12.0 Å². The maximum Gasteiger partial charge on any atom is 0.254 e. The molecule has 3 atom stereocenters. The van der Waals surface area contributed by atoms with Crippen molar-refractivity contribution in [3.05, 3.63) is 30.1 Å². The van der Waals surface area contributed by atoms with Crippen LogP contribution in [0.1, 0.15) is 23.2 Å². The Hall–Kier alpha value is -1.99. The predicted octanol–water partition coefficient (Wildman–Crippen LogP) is -0.475. The molecule has 0 saturated carbocycles. The van der Waals surface area contributed by atoms with Crippen molar-refractivity contribution >= 4 is 11.8 Å². The van der Waals surface area contributed by atoms with Crippen LogP contribution in [0, 0.1) is 5.92 Å². The fraction of sp³-hybridized carbons (Fsp3) is 0.533. The van der Waals surface area contributed by atoms with Crippen molar-refractivity contribution in [2.45, 2.75) is 24.9 Å². The number of amides is 2. The number of hydrogen-bond acceptors (Lipinski definition) is 5. The highest BCUT2D eigenvalue weighted by Crippen LogP contribution is 2.27. The van der Waals surface area contributed by atoms with Crippen molar-refractivity contribution in [3.8, 4) is 0 Å². The molecule has 0 aromatic carbocycles. The zero-order valence-corrected chi connectivity index (χ0v) is 12.6. The molecule has 3 N–H and O–H groups in total. The first-order valence-corrected chi connectivity index (χ1v) is 7.63. The summed E-state index contributed by atoms with van der Waals surface area (Å²) in [4.78, 5) is 30.6. The van der Waals surface area contributed by atoms with E-state index in [0.717, 1.165) is 19.4 Å². The number of nitrogens with zero attached hydrogens (tertiary/aromatic N) is 2. The topological polar surface area (TPSA) is 86.4 Å². The number of aromatic nitrogens is 1. The third-order valence-electron chi connectivity index (χ3n) is 4.51. The van der Waals surface area contributed by atoms with Crippen molar-refractivity contribution in [1.29, 1.82) is 0 Å². The molecule has 3 unspecified atom stereocenters. The smallest absolute Gasteiger partial charge is 0.254 e. The average molecular weight is 303 g/mol. The lowest BCUT2D eigenvalue weighted by Gasteiger charge is -2.31. The first-order chi connectivity index (χ1) is 10.7. The molecule has 2 amide bonds. The molecule has 0 radical (unpaired) electrons. The van der Waals surface area contributed by atoms with Crippen LogP contribution >= 0.6 is 0 Å². The Morgan fingerprint density at radius 1 is 1.36 bits per heavy atom. The molecule has 1 aromatic rings. The van der Waals surface area contributed by atoms with Gasteiger partial charge in [-0.2, -0.15) is 0 Å². The molecule has 2 aliphatic heterocycles. The molecular formula is C15H21N5O2. The molecule has 3 rings (SSSR count). The molecule has 7 nitrogen and oxygen atoms in total. The number of pyridine rings is 1. The van der Waals surface area contributed by atoms with Crippen molar-refractivity contribution < 1.29 is 9.59 Å². The maximum atomic E-state index is 12.7. The van der Waals surface area contributed by atoms with Gasteiger partial charge in [-0.05, 0) is 25.0 Å². The Morgan fingerprint density at radius 2 is 2.14 bits per heavy atom. The average Bonchev–Trinajstić information content (AvgIpc) is 3.22. The normalized spacial score (nSPS) is 27.9. The quantitative estimate of drug-likeness (QED) is 0.702. The summed E-state index contributed by atoms with van der Waals surface area (Å²) in [6, 6.07) is 3.42. The van der Waals surface area contributed by atoms with Gasteiger partial charge in [0, 0.05) is 44.1 Å². The van der Waals surface area contributed by atoms with Crippen LogP contribution in [0.25, 0.3) is 0 Å². The molecule has 0 bridgehead atoms. The van der Waals surface area contributed by atoms with Gasteiger partial charge in [0.25, 0.3) is 5.91 Å². The Labute approximate surface area is 129 Å². The highest BCUT2D eigenvalue weighted by molar-refractivity contribution is 5.94. The largest absolute Gasteiger partial charge is 0.359 e. The molecular weight excluding hydrogens is 282 g/mol. The van der Waals surface area contributed by atoms with Crippen LogP contribution in [0.2, 0.25) is 0 Å². The number of nitrogens with one attached hydrogen (secondary N) is 3. The van der Waals surface area contributed by atoms with Gasteiger partial charge in [-0.15, -0.1) is 0 Å². The van der Waals surface area contributed by atoms with Gasteiger partial charge in [0.1, 0.15) is 0 Å². The lowest BCUT2D eigenvalue weighted by atomic mass is 9.92. The lowest BCUT2D eigenvalue weighted by molar-refractivity contribution is -0.124. The highest BCUT2D eigenvalue weighted by Gasteiger charge is 2.43. The van der Waals surface area contributed by atoms with Gasteiger partial charge in [0.2, 0.25) is 5.91 Å². The molecule has 2 fully saturated rings. The Balaban J connectivity index is 1.78. The summed E-state index contributed by atoms with van der Waals surface area (Å²) in [5.74, 6) is -0.152. The minimum atomic E-state index is -0.166. The van der Waals surface area contributed by atoms with Gasteiger partial charge >= 0.3 is 0 Å². The maximum absolute atomic E-state index is 12.7. The van der Waals surface area contributed by atoms with Crippen LogP contribution in [-0.2, 0) is 4.79 Å². The molecule has 2 aliphatic rings. The van der Waals surface area contributed by atoms with Crippen molar-refractivity contribution in [2.75, 3.05) is 20.1 Å². The summed E-state index contributed by atoms with van der Waals surface area (Å²) >= 11 is 0. The summed E-state index contributed by atoms with van der Waals surface area (Å²) < 4.78 is 0. The van der Waals surface area contributed by atoms with E-state index in [1.165, 1.54) is 0 Å². The summed E-state index contributed by atoms with van der Waals surface area (Å²) in [7, 11) is 1.65. The van der Waals surface area contributed by atoms with Gasteiger partial charge in [-0.3, -0.25) is 25.4 Å². The molecule has 118 valence electrons. The van der Waals surface area contributed by atoms with Crippen molar-refractivity contribution in [2.24, 2.45) is 5.92 Å². The van der Waals surface area contributed by atoms with E-state index in [1.807, 2.05) is 4.90 Å². The molecule has 22 heavy (non-hydrogen) atoms. The van der Waals surface area contributed by atoms with Gasteiger partial charge in [-0.25, -0.2) is 0 Å². The molecule has 0 spiro atoms. The number of carbonyl (C=O) groups excluding carboxylic acids is 2. The lowest BCUT2D eigenvalue weighted by Crippen LogP contribution is -2.52. The van der Waals surface area contributed by atoms with E-state index in [0.29, 0.717) is 12.1 Å². The van der Waals surface area contributed by atoms with Crippen LogP contribution in [0.3, 0.4) is 0 Å². The molecule has 2 saturated heterocycles. The SMILES string of the molecule is CNC(=O)C1CNNC1C1CCCN1C(=O)c1ccncc1. The highest BCUT2D eigenvalue weighted by atomic mass is 16.2. The molecule has 7 heteroatoms. The molecule has 3 heterocycles. The fourth-order valence-electron chi connectivity index (χ4n) is 3.40. The second-order valence-electron chi connectivity index (χ2n) is 5.72. The molecule has 1 aromatic heterocycles. The summed E-state index contributed by atoms with van der Waals surface area (Å²) in [5, 5.41) is 2.71.